The second kappa shape index (κ2) is 5.07. The van der Waals surface area contributed by atoms with E-state index in [-0.39, 0.29) is 11.3 Å². The summed E-state index contributed by atoms with van der Waals surface area (Å²) < 4.78 is 5.54. The van der Waals surface area contributed by atoms with Crippen LogP contribution in [0.1, 0.15) is 40.0 Å². The summed E-state index contributed by atoms with van der Waals surface area (Å²) in [5, 5.41) is 0. The van der Waals surface area contributed by atoms with Gasteiger partial charge in [-0.15, -0.1) is 0 Å². The van der Waals surface area contributed by atoms with Crippen molar-refractivity contribution in [1.29, 1.82) is 0 Å². The number of hydrogen-bond acceptors (Lipinski definition) is 3. The van der Waals surface area contributed by atoms with E-state index in [9.17, 15) is 4.79 Å². The topological polar surface area (TPSA) is 29.5 Å². The fourth-order valence-corrected chi connectivity index (χ4v) is 3.14. The Morgan fingerprint density at radius 1 is 1.47 bits per heavy atom. The van der Waals surface area contributed by atoms with Gasteiger partial charge in [0.05, 0.1) is 12.7 Å². The first-order valence-corrected chi connectivity index (χ1v) is 6.87. The van der Waals surface area contributed by atoms with Crippen LogP contribution in [-0.2, 0) is 9.53 Å². The number of nitrogens with zero attached hydrogens (tertiary/aromatic N) is 1. The van der Waals surface area contributed by atoms with E-state index in [2.05, 4.69) is 25.7 Å². The zero-order valence-electron chi connectivity index (χ0n) is 11.4. The van der Waals surface area contributed by atoms with E-state index in [1.54, 1.807) is 0 Å². The molecule has 1 aliphatic heterocycles. The maximum Gasteiger partial charge on any atom is 0.142 e. The van der Waals surface area contributed by atoms with Crippen LogP contribution in [0.3, 0.4) is 0 Å². The largest absolute Gasteiger partial charge is 0.376 e. The maximum atomic E-state index is 12.3. The van der Waals surface area contributed by atoms with Crippen molar-refractivity contribution in [1.82, 2.24) is 4.90 Å². The van der Waals surface area contributed by atoms with Crippen molar-refractivity contribution in [3.8, 4) is 0 Å². The Bertz CT molecular complexity index is 288. The van der Waals surface area contributed by atoms with E-state index in [0.29, 0.717) is 11.9 Å². The Labute approximate surface area is 105 Å². The lowest BCUT2D eigenvalue weighted by molar-refractivity contribution is -0.135. The minimum Gasteiger partial charge on any atom is -0.376 e. The molecule has 1 saturated carbocycles. The smallest absolute Gasteiger partial charge is 0.142 e. The Morgan fingerprint density at radius 2 is 2.24 bits per heavy atom. The summed E-state index contributed by atoms with van der Waals surface area (Å²) in [7, 11) is 0. The molecule has 98 valence electrons. The van der Waals surface area contributed by atoms with Gasteiger partial charge in [0.25, 0.3) is 0 Å². The van der Waals surface area contributed by atoms with Crippen LogP contribution in [0, 0.1) is 11.3 Å². The molecule has 1 heterocycles. The lowest BCUT2D eigenvalue weighted by atomic mass is 9.71. The van der Waals surface area contributed by atoms with Crippen LogP contribution in [0.5, 0.6) is 0 Å². The van der Waals surface area contributed by atoms with Crippen LogP contribution in [-0.4, -0.2) is 43.0 Å². The third kappa shape index (κ3) is 3.08. The van der Waals surface area contributed by atoms with Crippen LogP contribution in [0.2, 0.25) is 0 Å². The summed E-state index contributed by atoms with van der Waals surface area (Å²) in [6, 6.07) is 0. The molecule has 2 aliphatic rings. The van der Waals surface area contributed by atoms with Gasteiger partial charge in [-0.3, -0.25) is 9.69 Å². The highest BCUT2D eigenvalue weighted by Crippen LogP contribution is 2.35. The minimum atomic E-state index is -0.0964. The second-order valence-electron chi connectivity index (χ2n) is 6.28. The molecule has 1 saturated heterocycles. The minimum absolute atomic E-state index is 0.0964. The second-order valence-corrected chi connectivity index (χ2v) is 6.28. The van der Waals surface area contributed by atoms with Crippen LogP contribution < -0.4 is 0 Å². The van der Waals surface area contributed by atoms with Gasteiger partial charge >= 0.3 is 0 Å². The summed E-state index contributed by atoms with van der Waals surface area (Å²) in [5.41, 5.74) is -0.0964. The zero-order valence-corrected chi connectivity index (χ0v) is 11.4. The van der Waals surface area contributed by atoms with Crippen LogP contribution in [0.25, 0.3) is 0 Å². The summed E-state index contributed by atoms with van der Waals surface area (Å²) in [6.07, 6.45) is 3.65. The molecule has 0 aromatic rings. The molecule has 3 heteroatoms. The summed E-state index contributed by atoms with van der Waals surface area (Å²) in [6.45, 7) is 10.0. The number of hydrogen-bond donors (Lipinski definition) is 0. The molecule has 0 N–H and O–H groups in total. The lowest BCUT2D eigenvalue weighted by Gasteiger charge is -2.38. The van der Waals surface area contributed by atoms with Gasteiger partial charge in [-0.1, -0.05) is 20.3 Å². The van der Waals surface area contributed by atoms with Gasteiger partial charge < -0.3 is 4.74 Å². The Hall–Kier alpha value is -0.410. The van der Waals surface area contributed by atoms with Gasteiger partial charge in [0, 0.05) is 31.0 Å². The molecule has 0 spiro atoms. The van der Waals surface area contributed by atoms with Crippen molar-refractivity contribution in [2.24, 2.45) is 11.3 Å². The quantitative estimate of drug-likeness (QED) is 0.739. The molecule has 2 atom stereocenters. The predicted molar refractivity (Wildman–Crippen MR) is 68.0 cm³/mol. The first-order valence-electron chi connectivity index (χ1n) is 6.87. The molecule has 0 amide bonds. The predicted octanol–water partition coefficient (Wildman–Crippen LogP) is 2.10. The molecule has 1 aliphatic carbocycles. The molecular formula is C14H25NO2. The SMILES string of the molecule is CC1CN(CC2CCCC(C)(C)C2=O)CCO1. The first kappa shape index (κ1) is 13.0. The molecule has 2 fully saturated rings. The van der Waals surface area contributed by atoms with Crippen molar-refractivity contribution in [3.63, 3.8) is 0 Å². The highest BCUT2D eigenvalue weighted by atomic mass is 16.5. The number of morpholine rings is 1. The molecule has 3 nitrogen and oxygen atoms in total. The number of Topliss-reactive ketones (excluding diaryl/α,β-unsaturated/α-hetero) is 1. The van der Waals surface area contributed by atoms with Crippen molar-refractivity contribution >= 4 is 5.78 Å². The van der Waals surface area contributed by atoms with Gasteiger partial charge in [0.1, 0.15) is 5.78 Å². The molecule has 0 bridgehead atoms. The van der Waals surface area contributed by atoms with E-state index in [1.165, 1.54) is 6.42 Å². The van der Waals surface area contributed by atoms with Gasteiger partial charge in [0.15, 0.2) is 0 Å². The average molecular weight is 239 g/mol. The Kier molecular flexibility index (Phi) is 3.88. The van der Waals surface area contributed by atoms with Crippen LogP contribution in [0.4, 0.5) is 0 Å². The van der Waals surface area contributed by atoms with Gasteiger partial charge in [-0.05, 0) is 19.8 Å². The average Bonchev–Trinajstić information content (AvgIpc) is 2.25. The summed E-state index contributed by atoms with van der Waals surface area (Å²) in [5.74, 6) is 0.729. The summed E-state index contributed by atoms with van der Waals surface area (Å²) in [4.78, 5) is 14.7. The summed E-state index contributed by atoms with van der Waals surface area (Å²) >= 11 is 0. The number of ketones is 1. The van der Waals surface area contributed by atoms with E-state index >= 15 is 0 Å². The van der Waals surface area contributed by atoms with Crippen molar-refractivity contribution in [2.45, 2.75) is 46.1 Å². The molecule has 0 radical (unpaired) electrons. The molecule has 0 aromatic heterocycles. The molecule has 2 rings (SSSR count). The fraction of sp³-hybridized carbons (Fsp3) is 0.929. The number of carbonyl (C=O) groups excluding carboxylic acids is 1. The zero-order chi connectivity index (χ0) is 12.5. The highest BCUT2D eigenvalue weighted by Gasteiger charge is 2.38. The van der Waals surface area contributed by atoms with Crippen LogP contribution in [0.15, 0.2) is 0 Å². The van der Waals surface area contributed by atoms with Gasteiger partial charge in [0.2, 0.25) is 0 Å². The van der Waals surface area contributed by atoms with Crippen molar-refractivity contribution in [2.75, 3.05) is 26.2 Å². The van der Waals surface area contributed by atoms with E-state index in [1.807, 2.05) is 0 Å². The van der Waals surface area contributed by atoms with Crippen molar-refractivity contribution < 1.29 is 9.53 Å². The third-order valence-electron chi connectivity index (χ3n) is 4.20. The van der Waals surface area contributed by atoms with E-state index < -0.39 is 0 Å². The maximum absolute atomic E-state index is 12.3. The van der Waals surface area contributed by atoms with Crippen molar-refractivity contribution in [3.05, 3.63) is 0 Å². The van der Waals surface area contributed by atoms with E-state index in [0.717, 1.165) is 39.1 Å². The molecule has 0 aromatic carbocycles. The normalized spacial score (nSPS) is 34.9. The van der Waals surface area contributed by atoms with Gasteiger partial charge in [-0.25, -0.2) is 0 Å². The standard InChI is InChI=1S/C14H25NO2/c1-11-9-15(7-8-17-11)10-12-5-4-6-14(2,3)13(12)16/h11-12H,4-10H2,1-3H3. The highest BCUT2D eigenvalue weighted by molar-refractivity contribution is 5.87. The number of rotatable bonds is 2. The molecule has 2 unspecified atom stereocenters. The monoisotopic (exact) mass is 239 g/mol. The molecular weight excluding hydrogens is 214 g/mol. The number of ether oxygens (including phenoxy) is 1. The third-order valence-corrected chi connectivity index (χ3v) is 4.20. The lowest BCUT2D eigenvalue weighted by Crippen LogP contribution is -2.47. The molecule has 17 heavy (non-hydrogen) atoms. The number of carbonyl (C=O) groups is 1. The van der Waals surface area contributed by atoms with Crippen LogP contribution >= 0.6 is 0 Å². The Morgan fingerprint density at radius 3 is 2.94 bits per heavy atom. The van der Waals surface area contributed by atoms with E-state index in [4.69, 9.17) is 4.74 Å². The van der Waals surface area contributed by atoms with Gasteiger partial charge in [-0.2, -0.15) is 0 Å². The Balaban J connectivity index is 1.91. The fourth-order valence-electron chi connectivity index (χ4n) is 3.14. The first-order chi connectivity index (χ1) is 7.99.